The van der Waals surface area contributed by atoms with Gasteiger partial charge in [0.1, 0.15) is 5.75 Å². The lowest BCUT2D eigenvalue weighted by Gasteiger charge is -2.07. The van der Waals surface area contributed by atoms with Crippen LogP contribution in [0, 0.1) is 10.1 Å². The Labute approximate surface area is 99.0 Å². The second-order valence-electron chi connectivity index (χ2n) is 3.76. The molecule has 0 heterocycles. The van der Waals surface area contributed by atoms with Gasteiger partial charge in [0, 0.05) is 11.6 Å². The molecule has 0 N–H and O–H groups in total. The summed E-state index contributed by atoms with van der Waals surface area (Å²) in [5.41, 5.74) is 0.930. The highest BCUT2D eigenvalue weighted by atomic mass is 16.6. The van der Waals surface area contributed by atoms with Crippen molar-refractivity contribution in [3.8, 4) is 5.75 Å². The van der Waals surface area contributed by atoms with Crippen LogP contribution in [0.1, 0.15) is 12.5 Å². The largest absolute Gasteiger partial charge is 0.497 e. The molecule has 2 aromatic rings. The van der Waals surface area contributed by atoms with Crippen LogP contribution in [0.25, 0.3) is 10.8 Å². The fourth-order valence-corrected chi connectivity index (χ4v) is 2.02. The molecule has 0 aliphatic carbocycles. The normalized spacial score (nSPS) is 10.5. The van der Waals surface area contributed by atoms with E-state index in [9.17, 15) is 10.1 Å². The molecule has 0 spiro atoms. The molecule has 0 amide bonds. The Morgan fingerprint density at radius 2 is 2.00 bits per heavy atom. The van der Waals surface area contributed by atoms with E-state index in [-0.39, 0.29) is 10.6 Å². The van der Waals surface area contributed by atoms with E-state index >= 15 is 0 Å². The van der Waals surface area contributed by atoms with Crippen LogP contribution in [0.5, 0.6) is 5.75 Å². The van der Waals surface area contributed by atoms with Gasteiger partial charge in [-0.1, -0.05) is 13.0 Å². The van der Waals surface area contributed by atoms with Gasteiger partial charge in [-0.15, -0.1) is 0 Å². The summed E-state index contributed by atoms with van der Waals surface area (Å²) in [6.07, 6.45) is 0.626. The van der Waals surface area contributed by atoms with Crippen LogP contribution in [0.4, 0.5) is 5.69 Å². The van der Waals surface area contributed by atoms with Crippen molar-refractivity contribution in [2.24, 2.45) is 0 Å². The fraction of sp³-hybridized carbons (Fsp3) is 0.231. The third kappa shape index (κ3) is 1.93. The molecular formula is C13H13NO3. The first-order valence-corrected chi connectivity index (χ1v) is 5.41. The van der Waals surface area contributed by atoms with Crippen LogP contribution in [-0.2, 0) is 6.42 Å². The number of aryl methyl sites for hydroxylation is 1. The molecule has 88 valence electrons. The number of nitrogens with zero attached hydrogens (tertiary/aromatic N) is 1. The van der Waals surface area contributed by atoms with E-state index in [1.54, 1.807) is 19.2 Å². The maximum atomic E-state index is 11.0. The Balaban J connectivity index is 2.78. The Hall–Kier alpha value is -2.10. The minimum absolute atomic E-state index is 0.174. The summed E-state index contributed by atoms with van der Waals surface area (Å²) in [5, 5.41) is 12.8. The van der Waals surface area contributed by atoms with E-state index in [0.717, 1.165) is 16.3 Å². The maximum Gasteiger partial charge on any atom is 0.273 e. The van der Waals surface area contributed by atoms with Crippen molar-refractivity contribution in [2.75, 3.05) is 7.11 Å². The summed E-state index contributed by atoms with van der Waals surface area (Å²) in [7, 11) is 1.59. The molecule has 2 aromatic carbocycles. The average Bonchev–Trinajstić information content (AvgIpc) is 2.36. The van der Waals surface area contributed by atoms with Crippen molar-refractivity contribution in [1.29, 1.82) is 0 Å². The number of fused-ring (bicyclic) bond motifs is 1. The molecule has 4 heteroatoms. The summed E-state index contributed by atoms with van der Waals surface area (Å²) in [4.78, 5) is 10.6. The highest BCUT2D eigenvalue weighted by Gasteiger charge is 2.15. The Kier molecular flexibility index (Phi) is 2.95. The highest BCUT2D eigenvalue weighted by Crippen LogP contribution is 2.30. The molecule has 0 fully saturated rings. The monoisotopic (exact) mass is 231 g/mol. The van der Waals surface area contributed by atoms with E-state index in [0.29, 0.717) is 12.2 Å². The first-order chi connectivity index (χ1) is 8.17. The molecule has 0 radical (unpaired) electrons. The Morgan fingerprint density at radius 3 is 2.59 bits per heavy atom. The first-order valence-electron chi connectivity index (χ1n) is 5.41. The van der Waals surface area contributed by atoms with Crippen LogP contribution in [0.15, 0.2) is 30.3 Å². The minimum atomic E-state index is -0.336. The van der Waals surface area contributed by atoms with Gasteiger partial charge < -0.3 is 4.74 Å². The van der Waals surface area contributed by atoms with Gasteiger partial charge in [-0.2, -0.15) is 0 Å². The van der Waals surface area contributed by atoms with Crippen LogP contribution in [-0.4, -0.2) is 12.0 Å². The van der Waals surface area contributed by atoms with Gasteiger partial charge in [0.25, 0.3) is 5.69 Å². The van der Waals surface area contributed by atoms with Gasteiger partial charge in [0.2, 0.25) is 0 Å². The van der Waals surface area contributed by atoms with E-state index < -0.39 is 0 Å². The number of benzene rings is 2. The number of ether oxygens (including phenoxy) is 1. The van der Waals surface area contributed by atoms with Crippen LogP contribution in [0.2, 0.25) is 0 Å². The lowest BCUT2D eigenvalue weighted by Crippen LogP contribution is -1.95. The lowest BCUT2D eigenvalue weighted by atomic mass is 10.0. The second-order valence-corrected chi connectivity index (χ2v) is 3.76. The zero-order chi connectivity index (χ0) is 12.4. The molecular weight excluding hydrogens is 218 g/mol. The lowest BCUT2D eigenvalue weighted by molar-refractivity contribution is -0.385. The Morgan fingerprint density at radius 1 is 1.29 bits per heavy atom. The average molecular weight is 231 g/mol. The fourth-order valence-electron chi connectivity index (χ4n) is 2.02. The van der Waals surface area contributed by atoms with Crippen molar-refractivity contribution >= 4 is 16.5 Å². The molecule has 0 atom stereocenters. The topological polar surface area (TPSA) is 52.4 Å². The number of hydrogen-bond donors (Lipinski definition) is 0. The molecule has 0 aromatic heterocycles. The molecule has 4 nitrogen and oxygen atoms in total. The van der Waals surface area contributed by atoms with Crippen molar-refractivity contribution in [2.45, 2.75) is 13.3 Å². The molecule has 0 bridgehead atoms. The zero-order valence-corrected chi connectivity index (χ0v) is 9.77. The van der Waals surface area contributed by atoms with Crippen molar-refractivity contribution in [3.63, 3.8) is 0 Å². The third-order valence-corrected chi connectivity index (χ3v) is 2.87. The number of methoxy groups -OCH3 is 1. The van der Waals surface area contributed by atoms with Crippen molar-refractivity contribution in [3.05, 3.63) is 46.0 Å². The van der Waals surface area contributed by atoms with Gasteiger partial charge in [-0.05, 0) is 35.4 Å². The summed E-state index contributed by atoms with van der Waals surface area (Å²) in [5.74, 6) is 0.715. The van der Waals surface area contributed by atoms with Gasteiger partial charge >= 0.3 is 0 Å². The van der Waals surface area contributed by atoms with Crippen LogP contribution >= 0.6 is 0 Å². The first kappa shape index (κ1) is 11.4. The smallest absolute Gasteiger partial charge is 0.273 e. The minimum Gasteiger partial charge on any atom is -0.497 e. The summed E-state index contributed by atoms with van der Waals surface area (Å²) < 4.78 is 5.15. The van der Waals surface area contributed by atoms with Gasteiger partial charge in [-0.25, -0.2) is 0 Å². The molecule has 2 rings (SSSR count). The Bertz CT molecular complexity index is 578. The van der Waals surface area contributed by atoms with E-state index in [2.05, 4.69) is 0 Å². The predicted octanol–water partition coefficient (Wildman–Crippen LogP) is 3.32. The van der Waals surface area contributed by atoms with Gasteiger partial charge in [-0.3, -0.25) is 10.1 Å². The molecule has 0 unspecified atom stereocenters. The number of nitro benzene ring substituents is 1. The molecule has 0 aliphatic rings. The number of hydrogen-bond acceptors (Lipinski definition) is 3. The van der Waals surface area contributed by atoms with Crippen LogP contribution < -0.4 is 4.74 Å². The molecule has 0 saturated heterocycles. The van der Waals surface area contributed by atoms with Crippen LogP contribution in [0.3, 0.4) is 0 Å². The second kappa shape index (κ2) is 4.41. The number of nitro groups is 1. The highest BCUT2D eigenvalue weighted by molar-refractivity contribution is 5.90. The molecule has 0 aliphatic heterocycles. The zero-order valence-electron chi connectivity index (χ0n) is 9.77. The number of rotatable bonds is 3. The quantitative estimate of drug-likeness (QED) is 0.601. The molecule has 17 heavy (non-hydrogen) atoms. The van der Waals surface area contributed by atoms with Gasteiger partial charge in [0.15, 0.2) is 0 Å². The van der Waals surface area contributed by atoms with Crippen molar-refractivity contribution in [1.82, 2.24) is 0 Å². The maximum absolute atomic E-state index is 11.0. The van der Waals surface area contributed by atoms with E-state index in [1.165, 1.54) is 0 Å². The van der Waals surface area contributed by atoms with E-state index in [1.807, 2.05) is 25.1 Å². The predicted molar refractivity (Wildman–Crippen MR) is 66.5 cm³/mol. The standard InChI is InChI=1S/C13H13NO3/c1-3-11-12-8-10(17-2)6-4-9(12)5-7-13(11)14(15)16/h4-8H,3H2,1-2H3. The third-order valence-electron chi connectivity index (χ3n) is 2.87. The molecule has 0 saturated carbocycles. The van der Waals surface area contributed by atoms with Crippen molar-refractivity contribution < 1.29 is 9.66 Å². The van der Waals surface area contributed by atoms with Gasteiger partial charge in [0.05, 0.1) is 12.0 Å². The summed E-state index contributed by atoms with van der Waals surface area (Å²) in [6.45, 7) is 1.92. The SMILES string of the molecule is CCc1c([N+](=O)[O-])ccc2ccc(OC)cc12. The summed E-state index contributed by atoms with van der Waals surface area (Å²) >= 11 is 0. The summed E-state index contributed by atoms with van der Waals surface area (Å²) in [6, 6.07) is 8.95. The van der Waals surface area contributed by atoms with E-state index in [4.69, 9.17) is 4.74 Å².